The van der Waals surface area contributed by atoms with Crippen LogP contribution in [0.4, 0.5) is 4.39 Å². The minimum atomic E-state index is -0.145. The van der Waals surface area contributed by atoms with Gasteiger partial charge >= 0.3 is 0 Å². The Kier molecular flexibility index (Phi) is 2.76. The average Bonchev–Trinajstić information content (AvgIpc) is 2.92. The second-order valence-electron chi connectivity index (χ2n) is 4.73. The summed E-state index contributed by atoms with van der Waals surface area (Å²) >= 11 is 6.18. The Morgan fingerprint density at radius 1 is 1.47 bits per heavy atom. The second kappa shape index (κ2) is 3.79. The van der Waals surface area contributed by atoms with Gasteiger partial charge in [0.1, 0.15) is 5.82 Å². The molecule has 1 saturated carbocycles. The van der Waals surface area contributed by atoms with Crippen molar-refractivity contribution in [2.45, 2.75) is 38.5 Å². The van der Waals surface area contributed by atoms with Crippen LogP contribution in [-0.4, -0.2) is 5.38 Å². The van der Waals surface area contributed by atoms with Crippen LogP contribution in [0.2, 0.25) is 0 Å². The third kappa shape index (κ3) is 2.17. The zero-order chi connectivity index (χ0) is 11.1. The van der Waals surface area contributed by atoms with Crippen LogP contribution < -0.4 is 0 Å². The first-order valence-electron chi connectivity index (χ1n) is 5.43. The molecule has 1 aliphatic carbocycles. The molecule has 1 unspecified atom stereocenters. The fourth-order valence-corrected chi connectivity index (χ4v) is 2.38. The van der Waals surface area contributed by atoms with Crippen LogP contribution in [0.15, 0.2) is 18.2 Å². The third-order valence-electron chi connectivity index (χ3n) is 3.59. The molecule has 1 atom stereocenters. The van der Waals surface area contributed by atoms with Gasteiger partial charge in [-0.25, -0.2) is 4.39 Å². The van der Waals surface area contributed by atoms with Crippen LogP contribution in [0.3, 0.4) is 0 Å². The molecule has 0 N–H and O–H groups in total. The molecule has 1 aromatic rings. The molecule has 2 heteroatoms. The normalized spacial score (nSPS) is 20.0. The molecule has 0 nitrogen and oxygen atoms in total. The highest BCUT2D eigenvalue weighted by atomic mass is 35.5. The van der Waals surface area contributed by atoms with E-state index in [-0.39, 0.29) is 16.6 Å². The first kappa shape index (κ1) is 10.9. The van der Waals surface area contributed by atoms with Gasteiger partial charge in [0.05, 0.1) is 0 Å². The van der Waals surface area contributed by atoms with Crippen molar-refractivity contribution in [2.75, 3.05) is 0 Å². The monoisotopic (exact) mass is 226 g/mol. The third-order valence-corrected chi connectivity index (χ3v) is 4.05. The number of rotatable bonds is 3. The van der Waals surface area contributed by atoms with E-state index in [4.69, 9.17) is 11.6 Å². The van der Waals surface area contributed by atoms with E-state index in [9.17, 15) is 4.39 Å². The fourth-order valence-electron chi connectivity index (χ4n) is 2.09. The average molecular weight is 227 g/mol. The molecule has 0 spiro atoms. The Morgan fingerprint density at radius 2 is 2.13 bits per heavy atom. The Labute approximate surface area is 95.4 Å². The first-order valence-corrected chi connectivity index (χ1v) is 5.86. The highest BCUT2D eigenvalue weighted by Gasteiger charge is 2.46. The Balaban J connectivity index is 2.21. The van der Waals surface area contributed by atoms with Gasteiger partial charge in [0.15, 0.2) is 0 Å². The number of benzene rings is 1. The standard InChI is InChI=1S/C13H16ClF/c1-9-3-4-12(15)7-11(9)8-13(5-6-13)10(2)14/h3-4,7,10H,5-6,8H2,1-2H3. The Bertz CT molecular complexity index is 367. The maximum Gasteiger partial charge on any atom is 0.123 e. The van der Waals surface area contributed by atoms with Gasteiger partial charge in [-0.15, -0.1) is 11.6 Å². The summed E-state index contributed by atoms with van der Waals surface area (Å²) in [6, 6.07) is 5.01. The summed E-state index contributed by atoms with van der Waals surface area (Å²) < 4.78 is 13.1. The summed E-state index contributed by atoms with van der Waals surface area (Å²) in [5.74, 6) is -0.145. The summed E-state index contributed by atoms with van der Waals surface area (Å²) in [7, 11) is 0. The lowest BCUT2D eigenvalue weighted by Crippen LogP contribution is -2.16. The minimum absolute atomic E-state index is 0.145. The van der Waals surface area contributed by atoms with Crippen LogP contribution >= 0.6 is 11.6 Å². The number of alkyl halides is 1. The molecule has 1 aromatic carbocycles. The molecule has 2 rings (SSSR count). The van der Waals surface area contributed by atoms with Gasteiger partial charge in [0.2, 0.25) is 0 Å². The molecule has 0 radical (unpaired) electrons. The molecule has 0 aliphatic heterocycles. The number of halogens is 2. The maximum absolute atomic E-state index is 13.1. The van der Waals surface area contributed by atoms with Crippen molar-refractivity contribution in [3.8, 4) is 0 Å². The van der Waals surface area contributed by atoms with Crippen molar-refractivity contribution in [2.24, 2.45) is 5.41 Å². The highest BCUT2D eigenvalue weighted by Crippen LogP contribution is 2.53. The molecule has 0 saturated heterocycles. The van der Waals surface area contributed by atoms with Crippen molar-refractivity contribution < 1.29 is 4.39 Å². The fraction of sp³-hybridized carbons (Fsp3) is 0.538. The van der Waals surface area contributed by atoms with Crippen LogP contribution in [0, 0.1) is 18.2 Å². The van der Waals surface area contributed by atoms with E-state index in [1.54, 1.807) is 6.07 Å². The first-order chi connectivity index (χ1) is 7.03. The van der Waals surface area contributed by atoms with Crippen LogP contribution in [0.25, 0.3) is 0 Å². The summed E-state index contributed by atoms with van der Waals surface area (Å²) in [5.41, 5.74) is 2.51. The van der Waals surface area contributed by atoms with Gasteiger partial charge in [-0.1, -0.05) is 6.07 Å². The van der Waals surface area contributed by atoms with Gasteiger partial charge in [0, 0.05) is 5.38 Å². The van der Waals surface area contributed by atoms with Gasteiger partial charge in [0.25, 0.3) is 0 Å². The van der Waals surface area contributed by atoms with E-state index >= 15 is 0 Å². The smallest absolute Gasteiger partial charge is 0.123 e. The molecular formula is C13H16ClF. The summed E-state index contributed by atoms with van der Waals surface area (Å²) in [6.45, 7) is 4.08. The molecule has 1 aliphatic rings. The maximum atomic E-state index is 13.1. The highest BCUT2D eigenvalue weighted by molar-refractivity contribution is 6.21. The largest absolute Gasteiger partial charge is 0.207 e. The van der Waals surface area contributed by atoms with E-state index in [0.717, 1.165) is 12.0 Å². The lowest BCUT2D eigenvalue weighted by atomic mass is 9.91. The van der Waals surface area contributed by atoms with Crippen molar-refractivity contribution >= 4 is 11.6 Å². The Morgan fingerprint density at radius 3 is 2.67 bits per heavy atom. The SMILES string of the molecule is Cc1ccc(F)cc1CC1(C(C)Cl)CC1. The van der Waals surface area contributed by atoms with E-state index in [1.165, 1.54) is 24.5 Å². The number of aryl methyl sites for hydroxylation is 1. The van der Waals surface area contributed by atoms with Gasteiger partial charge < -0.3 is 0 Å². The van der Waals surface area contributed by atoms with Gasteiger partial charge in [-0.2, -0.15) is 0 Å². The van der Waals surface area contributed by atoms with Gasteiger partial charge in [-0.3, -0.25) is 0 Å². The molecule has 1 fully saturated rings. The molecule has 0 bridgehead atoms. The van der Waals surface area contributed by atoms with Crippen LogP contribution in [0.5, 0.6) is 0 Å². The zero-order valence-corrected chi connectivity index (χ0v) is 9.94. The molecule has 82 valence electrons. The van der Waals surface area contributed by atoms with Crippen molar-refractivity contribution in [1.29, 1.82) is 0 Å². The lowest BCUT2D eigenvalue weighted by molar-refractivity contribution is 0.493. The van der Waals surface area contributed by atoms with E-state index in [1.807, 2.05) is 19.9 Å². The topological polar surface area (TPSA) is 0 Å². The van der Waals surface area contributed by atoms with Crippen molar-refractivity contribution in [3.05, 3.63) is 35.1 Å². The molecular weight excluding hydrogens is 211 g/mol. The molecule has 0 aromatic heterocycles. The lowest BCUT2D eigenvalue weighted by Gasteiger charge is -2.19. The van der Waals surface area contributed by atoms with Crippen LogP contribution in [-0.2, 0) is 6.42 Å². The van der Waals surface area contributed by atoms with Gasteiger partial charge in [-0.05, 0) is 61.8 Å². The molecule has 15 heavy (non-hydrogen) atoms. The zero-order valence-electron chi connectivity index (χ0n) is 9.19. The van der Waals surface area contributed by atoms with E-state index < -0.39 is 0 Å². The predicted octanol–water partition coefficient (Wildman–Crippen LogP) is 4.08. The molecule has 0 amide bonds. The van der Waals surface area contributed by atoms with E-state index in [2.05, 4.69) is 0 Å². The van der Waals surface area contributed by atoms with Crippen molar-refractivity contribution in [1.82, 2.24) is 0 Å². The summed E-state index contributed by atoms with van der Waals surface area (Å²) in [4.78, 5) is 0. The van der Waals surface area contributed by atoms with E-state index in [0.29, 0.717) is 0 Å². The number of hydrogen-bond acceptors (Lipinski definition) is 0. The molecule has 0 heterocycles. The summed E-state index contributed by atoms with van der Waals surface area (Å²) in [5, 5.41) is 0.181. The second-order valence-corrected chi connectivity index (χ2v) is 5.38. The quantitative estimate of drug-likeness (QED) is 0.682. The summed E-state index contributed by atoms with van der Waals surface area (Å²) in [6.07, 6.45) is 3.27. The number of hydrogen-bond donors (Lipinski definition) is 0. The minimum Gasteiger partial charge on any atom is -0.207 e. The van der Waals surface area contributed by atoms with Crippen LogP contribution in [0.1, 0.15) is 30.9 Å². The predicted molar refractivity (Wildman–Crippen MR) is 61.8 cm³/mol. The Hall–Kier alpha value is -0.560. The van der Waals surface area contributed by atoms with Crippen molar-refractivity contribution in [3.63, 3.8) is 0 Å².